The first-order chi connectivity index (χ1) is 11.1. The third-order valence-corrected chi connectivity index (χ3v) is 4.72. The highest BCUT2D eigenvalue weighted by molar-refractivity contribution is 5.79. The van der Waals surface area contributed by atoms with Crippen molar-refractivity contribution in [1.82, 2.24) is 5.32 Å². The molecule has 1 aliphatic rings. The van der Waals surface area contributed by atoms with Crippen LogP contribution in [0.4, 0.5) is 0 Å². The fourth-order valence-electron chi connectivity index (χ4n) is 3.24. The van der Waals surface area contributed by atoms with Crippen LogP contribution >= 0.6 is 0 Å². The first kappa shape index (κ1) is 17.5. The number of hydrogen-bond donors (Lipinski definition) is 3. The van der Waals surface area contributed by atoms with Gasteiger partial charge in [-0.15, -0.1) is 0 Å². The second kappa shape index (κ2) is 8.67. The van der Waals surface area contributed by atoms with Crippen LogP contribution in [0.15, 0.2) is 30.3 Å². The maximum absolute atomic E-state index is 12.3. The first-order valence-corrected chi connectivity index (χ1v) is 8.28. The summed E-state index contributed by atoms with van der Waals surface area (Å²) in [4.78, 5) is 23.2. The normalized spacial score (nSPS) is 22.3. The standard InChI is InChI=1S/C18H25NO4/c20-11-10-16(13-4-2-1-3-5-13)12-19-17(21)14-6-8-15(9-7-14)18(22)23/h1-5,14-16,20H,6-12H2,(H,19,21)(H,22,23). The number of aliphatic hydroxyl groups excluding tert-OH is 1. The predicted molar refractivity (Wildman–Crippen MR) is 87.0 cm³/mol. The van der Waals surface area contributed by atoms with E-state index in [4.69, 9.17) is 5.11 Å². The molecule has 1 aromatic carbocycles. The number of carbonyl (C=O) groups is 2. The molecule has 1 unspecified atom stereocenters. The summed E-state index contributed by atoms with van der Waals surface area (Å²) >= 11 is 0. The van der Waals surface area contributed by atoms with Crippen LogP contribution in [0.1, 0.15) is 43.6 Å². The van der Waals surface area contributed by atoms with Gasteiger partial charge in [0.2, 0.25) is 5.91 Å². The summed E-state index contributed by atoms with van der Waals surface area (Å²) in [5.74, 6) is -1.04. The highest BCUT2D eigenvalue weighted by atomic mass is 16.4. The van der Waals surface area contributed by atoms with Crippen molar-refractivity contribution in [3.8, 4) is 0 Å². The highest BCUT2D eigenvalue weighted by Gasteiger charge is 2.29. The highest BCUT2D eigenvalue weighted by Crippen LogP contribution is 2.29. The zero-order chi connectivity index (χ0) is 16.7. The quantitative estimate of drug-likeness (QED) is 0.719. The third kappa shape index (κ3) is 5.06. The van der Waals surface area contributed by atoms with Gasteiger partial charge in [-0.1, -0.05) is 30.3 Å². The lowest BCUT2D eigenvalue weighted by Gasteiger charge is -2.26. The lowest BCUT2D eigenvalue weighted by atomic mass is 9.81. The molecule has 0 bridgehead atoms. The van der Waals surface area contributed by atoms with Gasteiger partial charge < -0.3 is 15.5 Å². The summed E-state index contributed by atoms with van der Waals surface area (Å²) in [5, 5.41) is 21.2. The minimum atomic E-state index is -0.754. The minimum Gasteiger partial charge on any atom is -0.481 e. The SMILES string of the molecule is O=C(O)C1CCC(C(=O)NCC(CCO)c2ccccc2)CC1. The molecule has 1 aromatic rings. The topological polar surface area (TPSA) is 86.6 Å². The third-order valence-electron chi connectivity index (χ3n) is 4.72. The molecule has 1 saturated carbocycles. The van der Waals surface area contributed by atoms with Crippen molar-refractivity contribution in [2.45, 2.75) is 38.0 Å². The van der Waals surface area contributed by atoms with Crippen molar-refractivity contribution >= 4 is 11.9 Å². The molecule has 1 atom stereocenters. The number of carboxylic acid groups (broad SMARTS) is 1. The molecule has 3 N–H and O–H groups in total. The van der Waals surface area contributed by atoms with Gasteiger partial charge in [0.25, 0.3) is 0 Å². The van der Waals surface area contributed by atoms with Gasteiger partial charge in [0.05, 0.1) is 5.92 Å². The maximum Gasteiger partial charge on any atom is 0.306 e. The molecule has 5 nitrogen and oxygen atoms in total. The molecule has 0 aromatic heterocycles. The second-order valence-corrected chi connectivity index (χ2v) is 6.25. The number of hydrogen-bond acceptors (Lipinski definition) is 3. The molecule has 23 heavy (non-hydrogen) atoms. The van der Waals surface area contributed by atoms with Gasteiger partial charge in [0.15, 0.2) is 0 Å². The molecular formula is C18H25NO4. The number of aliphatic hydroxyl groups is 1. The summed E-state index contributed by atoms with van der Waals surface area (Å²) in [6.45, 7) is 0.585. The van der Waals surface area contributed by atoms with Crippen molar-refractivity contribution in [3.63, 3.8) is 0 Å². The Labute approximate surface area is 136 Å². The molecule has 5 heteroatoms. The molecule has 0 radical (unpaired) electrons. The average molecular weight is 319 g/mol. The monoisotopic (exact) mass is 319 g/mol. The summed E-state index contributed by atoms with van der Waals surface area (Å²) in [6.07, 6.45) is 3.03. The Bertz CT molecular complexity index is 509. The van der Waals surface area contributed by atoms with E-state index in [0.717, 1.165) is 5.56 Å². The van der Waals surface area contributed by atoms with Crippen LogP contribution in [-0.4, -0.2) is 35.2 Å². The van der Waals surface area contributed by atoms with E-state index in [-0.39, 0.29) is 30.3 Å². The Balaban J connectivity index is 1.84. The van der Waals surface area contributed by atoms with E-state index >= 15 is 0 Å². The van der Waals surface area contributed by atoms with Gasteiger partial charge in [-0.05, 0) is 37.7 Å². The maximum atomic E-state index is 12.3. The first-order valence-electron chi connectivity index (χ1n) is 8.28. The fourth-order valence-corrected chi connectivity index (χ4v) is 3.24. The van der Waals surface area contributed by atoms with E-state index in [1.807, 2.05) is 30.3 Å². The van der Waals surface area contributed by atoms with Gasteiger partial charge in [-0.2, -0.15) is 0 Å². The summed E-state index contributed by atoms with van der Waals surface area (Å²) < 4.78 is 0. The summed E-state index contributed by atoms with van der Waals surface area (Å²) in [7, 11) is 0. The van der Waals surface area contributed by atoms with Crippen LogP contribution in [-0.2, 0) is 9.59 Å². The number of rotatable bonds is 7. The van der Waals surface area contributed by atoms with Crippen molar-refractivity contribution < 1.29 is 19.8 Å². The van der Waals surface area contributed by atoms with Crippen LogP contribution in [0, 0.1) is 11.8 Å². The lowest BCUT2D eigenvalue weighted by Crippen LogP contribution is -2.36. The Morgan fingerprint density at radius 2 is 1.70 bits per heavy atom. The van der Waals surface area contributed by atoms with Gasteiger partial charge >= 0.3 is 5.97 Å². The van der Waals surface area contributed by atoms with Gasteiger partial charge in [-0.25, -0.2) is 0 Å². The molecule has 1 aliphatic carbocycles. The molecule has 0 saturated heterocycles. The van der Waals surface area contributed by atoms with Gasteiger partial charge in [0.1, 0.15) is 0 Å². The molecule has 126 valence electrons. The number of benzene rings is 1. The number of amides is 1. The van der Waals surface area contributed by atoms with Crippen molar-refractivity contribution in [1.29, 1.82) is 0 Å². The summed E-state index contributed by atoms with van der Waals surface area (Å²) in [6, 6.07) is 9.86. The van der Waals surface area contributed by atoms with Crippen LogP contribution in [0.25, 0.3) is 0 Å². The van der Waals surface area contributed by atoms with E-state index in [1.54, 1.807) is 0 Å². The van der Waals surface area contributed by atoms with E-state index in [9.17, 15) is 14.7 Å². The zero-order valence-corrected chi connectivity index (χ0v) is 13.3. The van der Waals surface area contributed by atoms with E-state index in [2.05, 4.69) is 5.32 Å². The Morgan fingerprint density at radius 1 is 1.09 bits per heavy atom. The molecule has 2 rings (SSSR count). The second-order valence-electron chi connectivity index (χ2n) is 6.25. The lowest BCUT2D eigenvalue weighted by molar-refractivity contribution is -0.144. The van der Waals surface area contributed by atoms with Crippen LogP contribution < -0.4 is 5.32 Å². The Morgan fingerprint density at radius 3 is 2.26 bits per heavy atom. The van der Waals surface area contributed by atoms with Crippen LogP contribution in [0.2, 0.25) is 0 Å². The van der Waals surface area contributed by atoms with Crippen LogP contribution in [0.3, 0.4) is 0 Å². The van der Waals surface area contributed by atoms with Crippen molar-refractivity contribution in [3.05, 3.63) is 35.9 Å². The fraction of sp³-hybridized carbons (Fsp3) is 0.556. The largest absolute Gasteiger partial charge is 0.481 e. The Kier molecular flexibility index (Phi) is 6.59. The molecule has 1 amide bonds. The van der Waals surface area contributed by atoms with Crippen molar-refractivity contribution in [2.75, 3.05) is 13.2 Å². The Hall–Kier alpha value is -1.88. The van der Waals surface area contributed by atoms with E-state index < -0.39 is 5.97 Å². The average Bonchev–Trinajstić information content (AvgIpc) is 2.59. The van der Waals surface area contributed by atoms with Crippen molar-refractivity contribution in [2.24, 2.45) is 11.8 Å². The van der Waals surface area contributed by atoms with E-state index in [0.29, 0.717) is 38.6 Å². The van der Waals surface area contributed by atoms with Crippen LogP contribution in [0.5, 0.6) is 0 Å². The molecule has 0 aliphatic heterocycles. The molecule has 0 heterocycles. The van der Waals surface area contributed by atoms with Gasteiger partial charge in [-0.3, -0.25) is 9.59 Å². The minimum absolute atomic E-state index is 0.00714. The van der Waals surface area contributed by atoms with Gasteiger partial charge in [0, 0.05) is 25.0 Å². The molecular weight excluding hydrogens is 294 g/mol. The molecule has 1 fully saturated rings. The number of carboxylic acids is 1. The molecule has 0 spiro atoms. The predicted octanol–water partition coefficient (Wildman–Crippen LogP) is 2.16. The number of nitrogens with one attached hydrogen (secondary N) is 1. The number of carbonyl (C=O) groups excluding carboxylic acids is 1. The number of aliphatic carboxylic acids is 1. The smallest absolute Gasteiger partial charge is 0.306 e. The summed E-state index contributed by atoms with van der Waals surface area (Å²) in [5.41, 5.74) is 1.11. The zero-order valence-electron chi connectivity index (χ0n) is 13.3. The van der Waals surface area contributed by atoms with E-state index in [1.165, 1.54) is 0 Å².